The number of carbonyl (C=O) groups is 3. The van der Waals surface area contributed by atoms with E-state index in [0.29, 0.717) is 15.7 Å². The van der Waals surface area contributed by atoms with Gasteiger partial charge in [-0.05, 0) is 75.7 Å². The van der Waals surface area contributed by atoms with E-state index in [1.165, 1.54) is 42.4 Å². The number of esters is 1. The van der Waals surface area contributed by atoms with Crippen LogP contribution in [-0.2, 0) is 20.7 Å². The van der Waals surface area contributed by atoms with Gasteiger partial charge in [0.15, 0.2) is 5.17 Å². The van der Waals surface area contributed by atoms with Crippen molar-refractivity contribution in [3.05, 3.63) is 16.5 Å². The molecule has 0 spiro atoms. The van der Waals surface area contributed by atoms with Crippen molar-refractivity contribution in [2.45, 2.75) is 76.0 Å². The van der Waals surface area contributed by atoms with E-state index in [1.807, 2.05) is 6.92 Å². The maximum Gasteiger partial charge on any atom is 0.341 e. The van der Waals surface area contributed by atoms with Gasteiger partial charge in [-0.15, -0.1) is 11.3 Å². The van der Waals surface area contributed by atoms with Gasteiger partial charge in [-0.1, -0.05) is 18.7 Å². The van der Waals surface area contributed by atoms with Gasteiger partial charge in [0, 0.05) is 11.3 Å². The van der Waals surface area contributed by atoms with Crippen molar-refractivity contribution in [2.75, 3.05) is 11.9 Å². The van der Waals surface area contributed by atoms with E-state index in [4.69, 9.17) is 9.73 Å². The number of rotatable bonds is 7. The average molecular weight is 490 g/mol. The van der Waals surface area contributed by atoms with Crippen LogP contribution in [0.15, 0.2) is 11.1 Å². The SMILES string of the molecule is CCOC(=O)c1cc(CC)sc1NC(=O)CC1SC(=NC23CC4CC(CC(C4)C2)C3)NC1=O. The molecule has 1 aliphatic heterocycles. The van der Waals surface area contributed by atoms with Crippen LogP contribution >= 0.6 is 23.1 Å². The van der Waals surface area contributed by atoms with Crippen LogP contribution < -0.4 is 10.6 Å². The molecule has 1 aromatic heterocycles. The number of hydrogen-bond donors (Lipinski definition) is 2. The van der Waals surface area contributed by atoms with Gasteiger partial charge in [0.05, 0.1) is 17.7 Å². The Labute approximate surface area is 202 Å². The van der Waals surface area contributed by atoms with Gasteiger partial charge in [-0.25, -0.2) is 4.79 Å². The summed E-state index contributed by atoms with van der Waals surface area (Å²) >= 11 is 2.75. The number of ether oxygens (including phenoxy) is 1. The summed E-state index contributed by atoms with van der Waals surface area (Å²) in [5.74, 6) is 1.48. The Hall–Kier alpha value is -1.87. The number of hydrogen-bond acceptors (Lipinski definition) is 7. The maximum absolute atomic E-state index is 12.8. The lowest BCUT2D eigenvalue weighted by atomic mass is 9.53. The molecule has 33 heavy (non-hydrogen) atoms. The highest BCUT2D eigenvalue weighted by Gasteiger charge is 2.51. The molecule has 1 unspecified atom stereocenters. The number of aliphatic imine (C=N–C) groups is 1. The molecule has 4 bridgehead atoms. The molecule has 0 aromatic carbocycles. The van der Waals surface area contributed by atoms with Crippen molar-refractivity contribution in [2.24, 2.45) is 22.7 Å². The summed E-state index contributed by atoms with van der Waals surface area (Å²) in [6, 6.07) is 1.77. The van der Waals surface area contributed by atoms with E-state index in [2.05, 4.69) is 10.6 Å². The molecule has 6 rings (SSSR count). The fourth-order valence-corrected chi connectivity index (χ4v) is 8.50. The lowest BCUT2D eigenvalue weighted by Gasteiger charge is -2.55. The summed E-state index contributed by atoms with van der Waals surface area (Å²) in [5, 5.41) is 6.43. The molecule has 1 aromatic rings. The second kappa shape index (κ2) is 9.06. The zero-order valence-electron chi connectivity index (χ0n) is 19.1. The van der Waals surface area contributed by atoms with Crippen molar-refractivity contribution in [3.8, 4) is 0 Å². The molecule has 178 valence electrons. The first-order valence-corrected chi connectivity index (χ1v) is 13.7. The Kier molecular flexibility index (Phi) is 6.29. The number of anilines is 1. The lowest BCUT2D eigenvalue weighted by molar-refractivity contribution is -0.122. The number of thioether (sulfide) groups is 1. The Morgan fingerprint density at radius 2 is 1.85 bits per heavy atom. The van der Waals surface area contributed by atoms with Crippen LogP contribution in [-0.4, -0.2) is 40.3 Å². The van der Waals surface area contributed by atoms with Crippen LogP contribution in [0, 0.1) is 17.8 Å². The van der Waals surface area contributed by atoms with Gasteiger partial charge in [0.25, 0.3) is 0 Å². The summed E-state index contributed by atoms with van der Waals surface area (Å²) in [7, 11) is 0. The maximum atomic E-state index is 12.8. The van der Waals surface area contributed by atoms with Crippen molar-refractivity contribution in [1.82, 2.24) is 5.32 Å². The first kappa shape index (κ1) is 22.9. The fraction of sp³-hybridized carbons (Fsp3) is 0.667. The third kappa shape index (κ3) is 4.71. The van der Waals surface area contributed by atoms with Crippen LogP contribution in [0.2, 0.25) is 0 Å². The predicted molar refractivity (Wildman–Crippen MR) is 131 cm³/mol. The van der Waals surface area contributed by atoms with E-state index in [1.54, 1.807) is 13.0 Å². The van der Waals surface area contributed by atoms with Crippen LogP contribution in [0.1, 0.15) is 74.0 Å². The quantitative estimate of drug-likeness (QED) is 0.555. The van der Waals surface area contributed by atoms with Crippen LogP contribution in [0.4, 0.5) is 5.00 Å². The smallest absolute Gasteiger partial charge is 0.341 e. The van der Waals surface area contributed by atoms with Gasteiger partial charge in [0.1, 0.15) is 10.3 Å². The van der Waals surface area contributed by atoms with E-state index in [0.717, 1.165) is 48.3 Å². The highest BCUT2D eigenvalue weighted by atomic mass is 32.2. The molecule has 1 saturated heterocycles. The second-order valence-corrected chi connectivity index (χ2v) is 12.3. The largest absolute Gasteiger partial charge is 0.462 e. The molecule has 2 heterocycles. The number of thiophene rings is 1. The molecule has 1 atom stereocenters. The number of nitrogens with one attached hydrogen (secondary N) is 2. The zero-order chi connectivity index (χ0) is 23.2. The molecular formula is C24H31N3O4S2. The first-order chi connectivity index (χ1) is 15.9. The van der Waals surface area contributed by atoms with Gasteiger partial charge in [-0.3, -0.25) is 14.6 Å². The molecule has 7 nitrogen and oxygen atoms in total. The first-order valence-electron chi connectivity index (χ1n) is 12.0. The van der Waals surface area contributed by atoms with Crippen molar-refractivity contribution < 1.29 is 19.1 Å². The minimum absolute atomic E-state index is 0.0103. The monoisotopic (exact) mass is 489 g/mol. The summed E-state index contributed by atoms with van der Waals surface area (Å²) in [6.45, 7) is 4.02. The minimum Gasteiger partial charge on any atom is -0.462 e. The summed E-state index contributed by atoms with van der Waals surface area (Å²) in [6.07, 6.45) is 8.26. The Bertz CT molecular complexity index is 967. The third-order valence-electron chi connectivity index (χ3n) is 7.37. The topological polar surface area (TPSA) is 96.9 Å². The second-order valence-electron chi connectivity index (χ2n) is 9.94. The normalized spacial score (nSPS) is 33.4. The minimum atomic E-state index is -0.505. The molecule has 5 fully saturated rings. The highest BCUT2D eigenvalue weighted by Crippen LogP contribution is 2.57. The fourth-order valence-electron chi connectivity index (χ4n) is 6.43. The standard InChI is InChI=1S/C24H31N3O4S2/c1-3-16-8-17(22(30)31-4-2)21(32-16)25-19(28)9-18-20(29)26-23(33-18)27-24-10-13-5-14(11-24)7-15(6-13)12-24/h8,13-15,18H,3-7,9-12H2,1-2H3,(H,25,28)(H,26,27,29). The zero-order valence-corrected chi connectivity index (χ0v) is 20.8. The summed E-state index contributed by atoms with van der Waals surface area (Å²) in [5.41, 5.74) is 0.364. The van der Waals surface area contributed by atoms with E-state index < -0.39 is 11.2 Å². The van der Waals surface area contributed by atoms with Crippen LogP contribution in [0.3, 0.4) is 0 Å². The van der Waals surface area contributed by atoms with Crippen molar-refractivity contribution in [3.63, 3.8) is 0 Å². The Morgan fingerprint density at radius 1 is 1.18 bits per heavy atom. The Balaban J connectivity index is 1.23. The molecular weight excluding hydrogens is 458 g/mol. The van der Waals surface area contributed by atoms with Crippen LogP contribution in [0.5, 0.6) is 0 Å². The molecule has 5 aliphatic rings. The molecule has 0 radical (unpaired) electrons. The lowest BCUT2D eigenvalue weighted by Crippen LogP contribution is -2.50. The van der Waals surface area contributed by atoms with E-state index in [9.17, 15) is 14.4 Å². The number of amides is 2. The average Bonchev–Trinajstić information content (AvgIpc) is 3.29. The van der Waals surface area contributed by atoms with Gasteiger partial charge < -0.3 is 15.4 Å². The Morgan fingerprint density at radius 3 is 2.45 bits per heavy atom. The number of nitrogens with zero attached hydrogens (tertiary/aromatic N) is 1. The number of aryl methyl sites for hydroxylation is 1. The highest BCUT2D eigenvalue weighted by molar-refractivity contribution is 8.15. The molecule has 4 saturated carbocycles. The van der Waals surface area contributed by atoms with Gasteiger partial charge in [-0.2, -0.15) is 0 Å². The predicted octanol–water partition coefficient (Wildman–Crippen LogP) is 4.37. The van der Waals surface area contributed by atoms with Gasteiger partial charge in [0.2, 0.25) is 11.8 Å². The molecule has 2 N–H and O–H groups in total. The van der Waals surface area contributed by atoms with Crippen LogP contribution in [0.25, 0.3) is 0 Å². The molecule has 4 aliphatic carbocycles. The summed E-state index contributed by atoms with van der Waals surface area (Å²) < 4.78 is 5.12. The van der Waals surface area contributed by atoms with Gasteiger partial charge >= 0.3 is 5.97 Å². The third-order valence-corrected chi connectivity index (χ3v) is 9.65. The van der Waals surface area contributed by atoms with Crippen molar-refractivity contribution in [1.29, 1.82) is 0 Å². The summed E-state index contributed by atoms with van der Waals surface area (Å²) in [4.78, 5) is 43.7. The number of carbonyl (C=O) groups excluding carboxylic acids is 3. The molecule has 2 amide bonds. The number of amidine groups is 1. The molecule has 9 heteroatoms. The van der Waals surface area contributed by atoms with Crippen molar-refractivity contribution >= 4 is 51.1 Å². The van der Waals surface area contributed by atoms with E-state index in [-0.39, 0.29) is 30.4 Å². The van der Waals surface area contributed by atoms with E-state index >= 15 is 0 Å².